The van der Waals surface area contributed by atoms with Crippen LogP contribution in [-0.4, -0.2) is 41.6 Å². The van der Waals surface area contributed by atoms with Gasteiger partial charge in [0.25, 0.3) is 5.91 Å². The molecule has 2 atom stereocenters. The number of amides is 1. The van der Waals surface area contributed by atoms with Crippen LogP contribution in [0.2, 0.25) is 0 Å². The largest absolute Gasteiger partial charge is 0.497 e. The van der Waals surface area contributed by atoms with Crippen molar-refractivity contribution < 1.29 is 14.3 Å². The van der Waals surface area contributed by atoms with Gasteiger partial charge in [0.15, 0.2) is 0 Å². The van der Waals surface area contributed by atoms with E-state index in [9.17, 15) is 4.79 Å². The highest BCUT2D eigenvalue weighted by molar-refractivity contribution is 8.00. The molecule has 2 heterocycles. The predicted molar refractivity (Wildman–Crippen MR) is 161 cm³/mol. The van der Waals surface area contributed by atoms with Crippen LogP contribution in [0, 0.1) is 5.92 Å². The highest BCUT2D eigenvalue weighted by Crippen LogP contribution is 2.45. The Balaban J connectivity index is 1.32. The number of methoxy groups -OCH3 is 2. The van der Waals surface area contributed by atoms with Gasteiger partial charge in [-0.2, -0.15) is 5.10 Å². The number of carbonyl (C=O) groups excluding carboxylic acids is 1. The first kappa shape index (κ1) is 26.1. The number of para-hydroxylation sites is 1. The number of carbonyl (C=O) groups is 1. The summed E-state index contributed by atoms with van der Waals surface area (Å²) in [7, 11) is 3.34. The van der Waals surface area contributed by atoms with Crippen LogP contribution < -0.4 is 9.47 Å². The SMILES string of the molecule is COc1ccc(C=C2CCCC3C2=NN(C(=O)CSc2cccc4cccnc24)C3c2ccc(OC)cc2)cc1. The molecule has 40 heavy (non-hydrogen) atoms. The van der Waals surface area contributed by atoms with Crippen LogP contribution >= 0.6 is 11.8 Å². The second kappa shape index (κ2) is 11.6. The number of nitrogens with zero attached hydrogens (tertiary/aromatic N) is 3. The van der Waals surface area contributed by atoms with Crippen molar-refractivity contribution in [2.24, 2.45) is 11.0 Å². The highest BCUT2D eigenvalue weighted by Gasteiger charge is 2.43. The minimum absolute atomic E-state index is 0.00977. The second-order valence-corrected chi connectivity index (χ2v) is 11.0. The van der Waals surface area contributed by atoms with Crippen molar-refractivity contribution in [2.75, 3.05) is 20.0 Å². The Morgan fingerprint density at radius 2 is 1.70 bits per heavy atom. The van der Waals surface area contributed by atoms with E-state index in [1.54, 1.807) is 25.4 Å². The van der Waals surface area contributed by atoms with Gasteiger partial charge in [-0.1, -0.05) is 42.5 Å². The van der Waals surface area contributed by atoms with E-state index in [0.29, 0.717) is 0 Å². The Morgan fingerprint density at radius 3 is 2.45 bits per heavy atom. The summed E-state index contributed by atoms with van der Waals surface area (Å²) < 4.78 is 10.7. The van der Waals surface area contributed by atoms with Gasteiger partial charge >= 0.3 is 0 Å². The van der Waals surface area contributed by atoms with Gasteiger partial charge in [0, 0.05) is 22.4 Å². The zero-order valence-electron chi connectivity index (χ0n) is 22.6. The van der Waals surface area contributed by atoms with Crippen molar-refractivity contribution in [1.29, 1.82) is 0 Å². The first-order valence-corrected chi connectivity index (χ1v) is 14.5. The molecule has 1 aliphatic carbocycles. The van der Waals surface area contributed by atoms with Gasteiger partial charge in [0.2, 0.25) is 0 Å². The van der Waals surface area contributed by atoms with Gasteiger partial charge < -0.3 is 9.47 Å². The lowest BCUT2D eigenvalue weighted by molar-refractivity contribution is -0.130. The summed E-state index contributed by atoms with van der Waals surface area (Å²) in [4.78, 5) is 19.4. The second-order valence-electron chi connectivity index (χ2n) is 10.0. The van der Waals surface area contributed by atoms with E-state index >= 15 is 0 Å². The number of allylic oxidation sites excluding steroid dienone is 1. The number of hydrogen-bond acceptors (Lipinski definition) is 6. The summed E-state index contributed by atoms with van der Waals surface area (Å²) in [6, 6.07) is 26.0. The molecular formula is C33H31N3O3S. The Morgan fingerprint density at radius 1 is 0.975 bits per heavy atom. The topological polar surface area (TPSA) is 64.0 Å². The number of rotatable bonds is 7. The number of hydrazone groups is 1. The summed E-state index contributed by atoms with van der Waals surface area (Å²) >= 11 is 1.52. The van der Waals surface area contributed by atoms with Gasteiger partial charge in [0.05, 0.1) is 37.2 Å². The van der Waals surface area contributed by atoms with Crippen molar-refractivity contribution in [1.82, 2.24) is 9.99 Å². The third-order valence-electron chi connectivity index (χ3n) is 7.62. The molecule has 6 rings (SSSR count). The first-order valence-electron chi connectivity index (χ1n) is 13.5. The zero-order valence-corrected chi connectivity index (χ0v) is 23.4. The molecule has 6 nitrogen and oxygen atoms in total. The van der Waals surface area contributed by atoms with Crippen molar-refractivity contribution in [3.05, 3.63) is 102 Å². The minimum Gasteiger partial charge on any atom is -0.497 e. The molecule has 0 radical (unpaired) electrons. The zero-order chi connectivity index (χ0) is 27.5. The van der Waals surface area contributed by atoms with Gasteiger partial charge in [-0.3, -0.25) is 9.78 Å². The monoisotopic (exact) mass is 549 g/mol. The predicted octanol–water partition coefficient (Wildman–Crippen LogP) is 7.17. The number of hydrogen-bond donors (Lipinski definition) is 0. The Labute approximate surface area is 238 Å². The van der Waals surface area contributed by atoms with E-state index < -0.39 is 0 Å². The van der Waals surface area contributed by atoms with Gasteiger partial charge in [-0.15, -0.1) is 11.8 Å². The number of benzene rings is 3. The van der Waals surface area contributed by atoms with Gasteiger partial charge in [0.1, 0.15) is 11.5 Å². The normalized spacial score (nSPS) is 19.4. The van der Waals surface area contributed by atoms with Crippen molar-refractivity contribution in [2.45, 2.75) is 30.2 Å². The average Bonchev–Trinajstić information content (AvgIpc) is 3.41. The molecule has 1 aliphatic heterocycles. The molecule has 3 aromatic carbocycles. The fourth-order valence-corrected chi connectivity index (χ4v) is 6.53. The fraction of sp³-hybridized carbons (Fsp3) is 0.242. The average molecular weight is 550 g/mol. The van der Waals surface area contributed by atoms with Crippen LogP contribution in [0.4, 0.5) is 0 Å². The van der Waals surface area contributed by atoms with Gasteiger partial charge in [-0.05, 0) is 78.4 Å². The summed E-state index contributed by atoms with van der Waals surface area (Å²) in [5.74, 6) is 2.04. The molecule has 0 N–H and O–H groups in total. The Hall–Kier alpha value is -4.10. The van der Waals surface area contributed by atoms with Gasteiger partial charge in [-0.25, -0.2) is 5.01 Å². The van der Waals surface area contributed by atoms with E-state index in [-0.39, 0.29) is 23.6 Å². The Kier molecular flexibility index (Phi) is 7.55. The molecule has 1 aromatic heterocycles. The molecule has 2 aliphatic rings. The highest BCUT2D eigenvalue weighted by atomic mass is 32.2. The van der Waals surface area contributed by atoms with E-state index in [4.69, 9.17) is 14.6 Å². The number of pyridine rings is 1. The number of thioether (sulfide) groups is 1. The third-order valence-corrected chi connectivity index (χ3v) is 8.65. The lowest BCUT2D eigenvalue weighted by Gasteiger charge is -2.29. The fourth-order valence-electron chi connectivity index (χ4n) is 5.64. The summed E-state index contributed by atoms with van der Waals surface area (Å²) in [5, 5.41) is 7.85. The quantitative estimate of drug-likeness (QED) is 0.229. The van der Waals surface area contributed by atoms with Crippen LogP contribution in [0.15, 0.2) is 101 Å². The lowest BCUT2D eigenvalue weighted by atomic mass is 9.77. The maximum atomic E-state index is 13.9. The molecule has 0 spiro atoms. The van der Waals surface area contributed by atoms with E-state index in [1.165, 1.54) is 17.3 Å². The summed E-state index contributed by atoms with van der Waals surface area (Å²) in [6.45, 7) is 0. The van der Waals surface area contributed by atoms with E-state index in [0.717, 1.165) is 63.4 Å². The molecule has 4 aromatic rings. The third kappa shape index (κ3) is 5.21. The maximum Gasteiger partial charge on any atom is 0.253 e. The van der Waals surface area contributed by atoms with Crippen LogP contribution in [0.5, 0.6) is 11.5 Å². The van der Waals surface area contributed by atoms with E-state index in [2.05, 4.69) is 35.3 Å². The number of fused-ring (bicyclic) bond motifs is 2. The summed E-state index contributed by atoms with van der Waals surface area (Å²) in [5.41, 5.74) is 5.30. The first-order chi connectivity index (χ1) is 19.6. The van der Waals surface area contributed by atoms with Crippen LogP contribution in [0.1, 0.15) is 36.4 Å². The molecule has 0 saturated heterocycles. The minimum atomic E-state index is -0.154. The molecule has 2 unspecified atom stereocenters. The van der Waals surface area contributed by atoms with Crippen molar-refractivity contribution >= 4 is 40.4 Å². The van der Waals surface area contributed by atoms with Crippen molar-refractivity contribution in [3.63, 3.8) is 0 Å². The molecule has 1 amide bonds. The smallest absolute Gasteiger partial charge is 0.253 e. The van der Waals surface area contributed by atoms with E-state index in [1.807, 2.05) is 54.6 Å². The molecule has 202 valence electrons. The number of ether oxygens (including phenoxy) is 2. The van der Waals surface area contributed by atoms with Crippen LogP contribution in [-0.2, 0) is 4.79 Å². The van der Waals surface area contributed by atoms with Crippen LogP contribution in [0.25, 0.3) is 17.0 Å². The van der Waals surface area contributed by atoms with Crippen molar-refractivity contribution in [3.8, 4) is 11.5 Å². The van der Waals surface area contributed by atoms with Crippen LogP contribution in [0.3, 0.4) is 0 Å². The maximum absolute atomic E-state index is 13.9. The molecule has 1 saturated carbocycles. The Bertz CT molecular complexity index is 1580. The molecule has 7 heteroatoms. The molecule has 0 bridgehead atoms. The summed E-state index contributed by atoms with van der Waals surface area (Å²) in [6.07, 6.45) is 6.98. The number of aromatic nitrogens is 1. The lowest BCUT2D eigenvalue weighted by Crippen LogP contribution is -2.32. The standard InChI is InChI=1S/C33H31N3O3S/c1-38-26-15-11-22(12-16-26)20-25-7-3-9-28-31(25)35-36(33(28)24-13-17-27(39-2)18-14-24)30(37)21-40-29-10-4-6-23-8-5-19-34-32(23)29/h4-6,8,10-20,28,33H,3,7,9,21H2,1-2H3. The molecular weight excluding hydrogens is 518 g/mol. The molecule has 1 fully saturated rings.